The van der Waals surface area contributed by atoms with Crippen molar-refractivity contribution in [1.29, 1.82) is 0 Å². The third kappa shape index (κ3) is 5.08. The molecular weight excluding hydrogens is 366 g/mol. The summed E-state index contributed by atoms with van der Waals surface area (Å²) in [4.78, 5) is 14.2. The molecule has 1 amide bonds. The summed E-state index contributed by atoms with van der Waals surface area (Å²) in [6.45, 7) is 2.16. The van der Waals surface area contributed by atoms with Crippen molar-refractivity contribution in [3.05, 3.63) is 57.8 Å². The summed E-state index contributed by atoms with van der Waals surface area (Å²) in [6, 6.07) is 9.12. The van der Waals surface area contributed by atoms with Crippen LogP contribution in [0.3, 0.4) is 0 Å². The molecule has 0 bridgehead atoms. The van der Waals surface area contributed by atoms with Gasteiger partial charge in [0, 0.05) is 11.6 Å². The second kappa shape index (κ2) is 8.52. The van der Waals surface area contributed by atoms with Crippen LogP contribution in [0, 0.1) is 5.82 Å². The number of hydrogen-bond donors (Lipinski definition) is 1. The van der Waals surface area contributed by atoms with E-state index >= 15 is 0 Å². The molecule has 0 aliphatic heterocycles. The van der Waals surface area contributed by atoms with Gasteiger partial charge in [0.05, 0.1) is 23.9 Å². The second-order valence-corrected chi connectivity index (χ2v) is 6.52. The SMILES string of the molecule is COc1ccc(CN(C)[C@@H](C)C(=O)Nc2cc(Cl)ccc2Cl)cc1F. The lowest BCUT2D eigenvalue weighted by molar-refractivity contribution is -0.120. The number of likely N-dealkylation sites (N-methyl/N-ethyl adjacent to an activating group) is 1. The normalized spacial score (nSPS) is 12.1. The topological polar surface area (TPSA) is 41.6 Å². The summed E-state index contributed by atoms with van der Waals surface area (Å²) in [7, 11) is 3.20. The first kappa shape index (κ1) is 19.5. The monoisotopic (exact) mass is 384 g/mol. The van der Waals surface area contributed by atoms with E-state index in [4.69, 9.17) is 27.9 Å². The Hall–Kier alpha value is -1.82. The molecule has 0 fully saturated rings. The molecule has 2 aromatic rings. The summed E-state index contributed by atoms with van der Waals surface area (Å²) in [5.41, 5.74) is 1.19. The van der Waals surface area contributed by atoms with Crippen molar-refractivity contribution in [2.24, 2.45) is 0 Å². The van der Waals surface area contributed by atoms with Crippen molar-refractivity contribution in [2.45, 2.75) is 19.5 Å². The Labute approximate surface area is 156 Å². The Morgan fingerprint density at radius 3 is 2.64 bits per heavy atom. The molecule has 0 heterocycles. The van der Waals surface area contributed by atoms with E-state index in [9.17, 15) is 9.18 Å². The maximum absolute atomic E-state index is 13.8. The molecule has 0 aromatic heterocycles. The molecule has 0 saturated heterocycles. The van der Waals surface area contributed by atoms with E-state index in [-0.39, 0.29) is 11.7 Å². The van der Waals surface area contributed by atoms with Crippen LogP contribution in [0.15, 0.2) is 36.4 Å². The molecule has 7 heteroatoms. The fraction of sp³-hybridized carbons (Fsp3) is 0.278. The highest BCUT2D eigenvalue weighted by Crippen LogP contribution is 2.26. The van der Waals surface area contributed by atoms with Crippen molar-refractivity contribution >= 4 is 34.8 Å². The van der Waals surface area contributed by atoms with Crippen LogP contribution in [0.5, 0.6) is 5.75 Å². The molecule has 1 N–H and O–H groups in total. The molecule has 0 aliphatic rings. The van der Waals surface area contributed by atoms with E-state index < -0.39 is 11.9 Å². The first-order valence-corrected chi connectivity index (χ1v) is 8.36. The van der Waals surface area contributed by atoms with Crippen molar-refractivity contribution < 1.29 is 13.9 Å². The molecule has 2 aromatic carbocycles. The van der Waals surface area contributed by atoms with Gasteiger partial charge in [-0.1, -0.05) is 29.3 Å². The summed E-state index contributed by atoms with van der Waals surface area (Å²) >= 11 is 12.0. The van der Waals surface area contributed by atoms with Gasteiger partial charge in [-0.25, -0.2) is 4.39 Å². The van der Waals surface area contributed by atoms with Crippen LogP contribution >= 0.6 is 23.2 Å². The van der Waals surface area contributed by atoms with Crippen molar-refractivity contribution in [3.8, 4) is 5.75 Å². The predicted molar refractivity (Wildman–Crippen MR) is 99.0 cm³/mol. The second-order valence-electron chi connectivity index (χ2n) is 5.67. The van der Waals surface area contributed by atoms with Crippen LogP contribution in [0.25, 0.3) is 0 Å². The van der Waals surface area contributed by atoms with Gasteiger partial charge in [-0.15, -0.1) is 0 Å². The van der Waals surface area contributed by atoms with Gasteiger partial charge in [-0.2, -0.15) is 0 Å². The maximum Gasteiger partial charge on any atom is 0.241 e. The number of benzene rings is 2. The Balaban J connectivity index is 2.03. The summed E-state index contributed by atoms with van der Waals surface area (Å²) in [6.07, 6.45) is 0. The number of carbonyl (C=O) groups excluding carboxylic acids is 1. The molecule has 1 atom stereocenters. The summed E-state index contributed by atoms with van der Waals surface area (Å²) in [5.74, 6) is -0.482. The van der Waals surface area contributed by atoms with Gasteiger partial charge >= 0.3 is 0 Å². The molecule has 0 radical (unpaired) electrons. The molecule has 0 saturated carbocycles. The lowest BCUT2D eigenvalue weighted by Crippen LogP contribution is -2.39. The van der Waals surface area contributed by atoms with Crippen LogP contribution in [-0.2, 0) is 11.3 Å². The van der Waals surface area contributed by atoms with Crippen molar-refractivity contribution in [3.63, 3.8) is 0 Å². The zero-order valence-corrected chi connectivity index (χ0v) is 15.7. The number of hydrogen-bond acceptors (Lipinski definition) is 3. The van der Waals surface area contributed by atoms with E-state index in [0.29, 0.717) is 22.3 Å². The lowest BCUT2D eigenvalue weighted by Gasteiger charge is -2.24. The number of rotatable bonds is 6. The van der Waals surface area contributed by atoms with Gasteiger partial charge in [0.1, 0.15) is 0 Å². The minimum Gasteiger partial charge on any atom is -0.494 e. The highest BCUT2D eigenvalue weighted by molar-refractivity contribution is 6.35. The number of halogens is 3. The number of nitrogens with zero attached hydrogens (tertiary/aromatic N) is 1. The standard InChI is InChI=1S/C18H19Cl2FN2O2/c1-11(18(24)22-16-9-13(19)5-6-14(16)20)23(2)10-12-4-7-17(25-3)15(21)8-12/h4-9,11H,10H2,1-3H3,(H,22,24)/t11-/m0/s1. The fourth-order valence-corrected chi connectivity index (χ4v) is 2.60. The van der Waals surface area contributed by atoms with Crippen LogP contribution in [-0.4, -0.2) is 31.0 Å². The molecular formula is C18H19Cl2FN2O2. The van der Waals surface area contributed by atoms with Crippen LogP contribution < -0.4 is 10.1 Å². The summed E-state index contributed by atoms with van der Waals surface area (Å²) < 4.78 is 18.7. The maximum atomic E-state index is 13.8. The molecule has 4 nitrogen and oxygen atoms in total. The van der Waals surface area contributed by atoms with Crippen LogP contribution in [0.1, 0.15) is 12.5 Å². The van der Waals surface area contributed by atoms with Gasteiger partial charge < -0.3 is 10.1 Å². The third-order valence-corrected chi connectivity index (χ3v) is 4.44. The molecule has 2 rings (SSSR count). The van der Waals surface area contributed by atoms with Gasteiger partial charge in [0.2, 0.25) is 5.91 Å². The average molecular weight is 385 g/mol. The number of amides is 1. The van der Waals surface area contributed by atoms with E-state index in [1.807, 2.05) is 0 Å². The zero-order chi connectivity index (χ0) is 18.6. The molecule has 134 valence electrons. The van der Waals surface area contributed by atoms with Crippen LogP contribution in [0.2, 0.25) is 10.0 Å². The summed E-state index contributed by atoms with van der Waals surface area (Å²) in [5, 5.41) is 3.64. The number of anilines is 1. The highest BCUT2D eigenvalue weighted by atomic mass is 35.5. The molecule has 0 aliphatic carbocycles. The van der Waals surface area contributed by atoms with E-state index in [1.165, 1.54) is 13.2 Å². The van der Waals surface area contributed by atoms with Gasteiger partial charge in [0.25, 0.3) is 0 Å². The number of carbonyl (C=O) groups is 1. The number of ether oxygens (including phenoxy) is 1. The Bertz CT molecular complexity index is 771. The van der Waals surface area contributed by atoms with Crippen molar-refractivity contribution in [1.82, 2.24) is 4.90 Å². The van der Waals surface area contributed by atoms with Crippen LogP contribution in [0.4, 0.5) is 10.1 Å². The number of nitrogens with one attached hydrogen (secondary N) is 1. The predicted octanol–water partition coefficient (Wildman–Crippen LogP) is 4.60. The highest BCUT2D eigenvalue weighted by Gasteiger charge is 2.19. The van der Waals surface area contributed by atoms with Crippen molar-refractivity contribution in [2.75, 3.05) is 19.5 Å². The van der Waals surface area contributed by atoms with Gasteiger partial charge in [-0.3, -0.25) is 9.69 Å². The van der Waals surface area contributed by atoms with Gasteiger partial charge in [0.15, 0.2) is 11.6 Å². The van der Waals surface area contributed by atoms with Gasteiger partial charge in [-0.05, 0) is 49.9 Å². The third-order valence-electron chi connectivity index (χ3n) is 3.88. The van der Waals surface area contributed by atoms with E-state index in [0.717, 1.165) is 5.56 Å². The Morgan fingerprint density at radius 1 is 1.28 bits per heavy atom. The first-order valence-electron chi connectivity index (χ1n) is 7.60. The lowest BCUT2D eigenvalue weighted by atomic mass is 10.1. The zero-order valence-electron chi connectivity index (χ0n) is 14.1. The number of methoxy groups -OCH3 is 1. The Morgan fingerprint density at radius 2 is 2.00 bits per heavy atom. The average Bonchev–Trinajstić information content (AvgIpc) is 2.57. The smallest absolute Gasteiger partial charge is 0.241 e. The minimum absolute atomic E-state index is 0.188. The fourth-order valence-electron chi connectivity index (χ4n) is 2.26. The quantitative estimate of drug-likeness (QED) is 0.790. The van der Waals surface area contributed by atoms with E-state index in [2.05, 4.69) is 5.32 Å². The van der Waals surface area contributed by atoms with E-state index in [1.54, 1.807) is 49.2 Å². The molecule has 0 unspecified atom stereocenters. The largest absolute Gasteiger partial charge is 0.494 e. The first-order chi connectivity index (χ1) is 11.8. The molecule has 25 heavy (non-hydrogen) atoms. The molecule has 0 spiro atoms. The Kier molecular flexibility index (Phi) is 6.64. The minimum atomic E-state index is -0.458.